The molecule has 2 rings (SSSR count). The SMILES string of the molecule is NC(=NCCCc1ccccc1)N1C[C@H](O)[C@@H](O)[C@H](O)[C@H]1CO. The Morgan fingerprint density at radius 3 is 2.52 bits per heavy atom. The van der Waals surface area contributed by atoms with Crippen molar-refractivity contribution in [3.05, 3.63) is 35.9 Å². The molecule has 1 aromatic rings. The molecular formula is C16H25N3O4. The number of aliphatic hydroxyl groups excluding tert-OH is 4. The van der Waals surface area contributed by atoms with Gasteiger partial charge in [0.15, 0.2) is 5.96 Å². The quantitative estimate of drug-likeness (QED) is 0.261. The normalized spacial score (nSPS) is 28.9. The number of hydrogen-bond acceptors (Lipinski definition) is 5. The van der Waals surface area contributed by atoms with Gasteiger partial charge in [0, 0.05) is 13.1 Å². The molecule has 7 nitrogen and oxygen atoms in total. The highest BCUT2D eigenvalue weighted by Gasteiger charge is 2.41. The maximum absolute atomic E-state index is 9.93. The molecule has 0 aliphatic carbocycles. The molecule has 1 fully saturated rings. The molecule has 1 aliphatic rings. The molecule has 128 valence electrons. The van der Waals surface area contributed by atoms with E-state index in [1.807, 2.05) is 30.3 Å². The van der Waals surface area contributed by atoms with Gasteiger partial charge in [0.05, 0.1) is 12.6 Å². The van der Waals surface area contributed by atoms with Crippen molar-refractivity contribution in [3.63, 3.8) is 0 Å². The Balaban J connectivity index is 1.91. The van der Waals surface area contributed by atoms with Crippen molar-refractivity contribution in [3.8, 4) is 0 Å². The maximum atomic E-state index is 9.93. The molecule has 0 saturated carbocycles. The van der Waals surface area contributed by atoms with Crippen molar-refractivity contribution >= 4 is 5.96 Å². The van der Waals surface area contributed by atoms with Crippen LogP contribution in [0.1, 0.15) is 12.0 Å². The van der Waals surface area contributed by atoms with Crippen LogP contribution in [0.2, 0.25) is 0 Å². The van der Waals surface area contributed by atoms with Crippen molar-refractivity contribution in [2.24, 2.45) is 10.7 Å². The smallest absolute Gasteiger partial charge is 0.191 e. The lowest BCUT2D eigenvalue weighted by atomic mass is 9.94. The average molecular weight is 323 g/mol. The number of aliphatic imine (C=N–C) groups is 1. The van der Waals surface area contributed by atoms with Crippen LogP contribution < -0.4 is 5.73 Å². The van der Waals surface area contributed by atoms with Gasteiger partial charge in [-0.2, -0.15) is 0 Å². The monoisotopic (exact) mass is 323 g/mol. The third-order valence-corrected chi connectivity index (χ3v) is 4.14. The number of piperidine rings is 1. The van der Waals surface area contributed by atoms with Crippen LogP contribution in [0.3, 0.4) is 0 Å². The fraction of sp³-hybridized carbons (Fsp3) is 0.562. The van der Waals surface area contributed by atoms with E-state index in [0.29, 0.717) is 6.54 Å². The number of nitrogens with zero attached hydrogens (tertiary/aromatic N) is 2. The van der Waals surface area contributed by atoms with Crippen molar-refractivity contribution in [2.75, 3.05) is 19.7 Å². The molecule has 0 radical (unpaired) electrons. The van der Waals surface area contributed by atoms with E-state index in [1.165, 1.54) is 10.5 Å². The molecule has 23 heavy (non-hydrogen) atoms. The minimum absolute atomic E-state index is 0.0253. The zero-order valence-corrected chi connectivity index (χ0v) is 13.0. The largest absolute Gasteiger partial charge is 0.394 e. The van der Waals surface area contributed by atoms with E-state index in [2.05, 4.69) is 4.99 Å². The Hall–Kier alpha value is -1.67. The van der Waals surface area contributed by atoms with Crippen LogP contribution in [-0.2, 0) is 6.42 Å². The van der Waals surface area contributed by atoms with Gasteiger partial charge in [0.25, 0.3) is 0 Å². The highest BCUT2D eigenvalue weighted by Crippen LogP contribution is 2.18. The third-order valence-electron chi connectivity index (χ3n) is 4.14. The maximum Gasteiger partial charge on any atom is 0.191 e. The molecule has 0 amide bonds. The predicted molar refractivity (Wildman–Crippen MR) is 86.9 cm³/mol. The Morgan fingerprint density at radius 2 is 1.87 bits per heavy atom. The summed E-state index contributed by atoms with van der Waals surface area (Å²) in [7, 11) is 0. The van der Waals surface area contributed by atoms with Crippen LogP contribution in [0.25, 0.3) is 0 Å². The zero-order chi connectivity index (χ0) is 16.8. The van der Waals surface area contributed by atoms with Gasteiger partial charge in [-0.3, -0.25) is 4.99 Å². The molecule has 0 bridgehead atoms. The topological polar surface area (TPSA) is 123 Å². The third kappa shape index (κ3) is 4.42. The first-order valence-corrected chi connectivity index (χ1v) is 7.80. The van der Waals surface area contributed by atoms with E-state index in [4.69, 9.17) is 5.73 Å². The van der Waals surface area contributed by atoms with Crippen LogP contribution in [0.4, 0.5) is 0 Å². The summed E-state index contributed by atoms with van der Waals surface area (Å²) in [5.74, 6) is 0.155. The molecule has 6 N–H and O–H groups in total. The van der Waals surface area contributed by atoms with E-state index in [1.54, 1.807) is 0 Å². The summed E-state index contributed by atoms with van der Waals surface area (Å²) in [6.07, 6.45) is -2.01. The molecule has 7 heteroatoms. The van der Waals surface area contributed by atoms with Gasteiger partial charge < -0.3 is 31.1 Å². The van der Waals surface area contributed by atoms with Crippen LogP contribution >= 0.6 is 0 Å². The van der Waals surface area contributed by atoms with Gasteiger partial charge in [-0.05, 0) is 18.4 Å². The van der Waals surface area contributed by atoms with Crippen molar-refractivity contribution < 1.29 is 20.4 Å². The second-order valence-corrected chi connectivity index (χ2v) is 5.78. The second-order valence-electron chi connectivity index (χ2n) is 5.78. The lowest BCUT2D eigenvalue weighted by Crippen LogP contribution is -2.65. The number of benzene rings is 1. The van der Waals surface area contributed by atoms with E-state index >= 15 is 0 Å². The molecule has 1 heterocycles. The summed E-state index contributed by atoms with van der Waals surface area (Å²) in [5, 5.41) is 38.8. The number of hydrogen-bond donors (Lipinski definition) is 5. The van der Waals surface area contributed by atoms with E-state index in [9.17, 15) is 20.4 Å². The standard InChI is InChI=1S/C16H25N3O4/c17-16(18-8-4-7-11-5-2-1-3-6-11)19-9-13(21)15(23)14(22)12(19)10-20/h1-3,5-6,12-15,20-23H,4,7-10H2,(H2,17,18)/t12-,13+,14-,15-/m1/s1. The Kier molecular flexibility index (Phi) is 6.35. The number of aliphatic hydroxyl groups is 4. The number of aryl methyl sites for hydroxylation is 1. The number of likely N-dealkylation sites (tertiary alicyclic amines) is 1. The van der Waals surface area contributed by atoms with Gasteiger partial charge in [-0.1, -0.05) is 30.3 Å². The van der Waals surface area contributed by atoms with Crippen LogP contribution in [0, 0.1) is 0 Å². The van der Waals surface area contributed by atoms with E-state index < -0.39 is 24.4 Å². The highest BCUT2D eigenvalue weighted by molar-refractivity contribution is 5.78. The molecule has 1 saturated heterocycles. The highest BCUT2D eigenvalue weighted by atomic mass is 16.4. The fourth-order valence-corrected chi connectivity index (χ4v) is 2.77. The number of rotatable bonds is 5. The van der Waals surface area contributed by atoms with E-state index in [0.717, 1.165) is 12.8 Å². The first-order valence-electron chi connectivity index (χ1n) is 7.80. The first kappa shape index (κ1) is 17.7. The Bertz CT molecular complexity index is 511. The van der Waals surface area contributed by atoms with Gasteiger partial charge >= 0.3 is 0 Å². The first-order chi connectivity index (χ1) is 11.0. The summed E-state index contributed by atoms with van der Waals surface area (Å²) in [5.41, 5.74) is 7.15. The van der Waals surface area contributed by atoms with Gasteiger partial charge in [-0.25, -0.2) is 0 Å². The predicted octanol–water partition coefficient (Wildman–Crippen LogP) is -1.31. The minimum Gasteiger partial charge on any atom is -0.394 e. The summed E-state index contributed by atoms with van der Waals surface area (Å²) < 4.78 is 0. The van der Waals surface area contributed by atoms with Crippen LogP contribution in [0.5, 0.6) is 0 Å². The number of β-amino-alcohol motifs (C(OH)–C–C–N with tert-alkyl or cyclic N) is 1. The second kappa shape index (κ2) is 8.26. The average Bonchev–Trinajstić information content (AvgIpc) is 2.57. The molecule has 0 aromatic heterocycles. The zero-order valence-electron chi connectivity index (χ0n) is 13.0. The summed E-state index contributed by atoms with van der Waals surface area (Å²) >= 11 is 0. The number of guanidine groups is 1. The number of nitrogens with two attached hydrogens (primary N) is 1. The molecule has 4 atom stereocenters. The summed E-state index contributed by atoms with van der Waals surface area (Å²) in [6.45, 7) is 0.146. The van der Waals surface area contributed by atoms with E-state index in [-0.39, 0.29) is 19.1 Å². The summed E-state index contributed by atoms with van der Waals surface area (Å²) in [6, 6.07) is 9.27. The lowest BCUT2D eigenvalue weighted by Gasteiger charge is -2.43. The van der Waals surface area contributed by atoms with Gasteiger partial charge in [0.2, 0.25) is 0 Å². The van der Waals surface area contributed by atoms with Gasteiger partial charge in [0.1, 0.15) is 18.3 Å². The molecule has 0 unspecified atom stereocenters. The fourth-order valence-electron chi connectivity index (χ4n) is 2.77. The Labute approximate surface area is 135 Å². The van der Waals surface area contributed by atoms with Gasteiger partial charge in [-0.15, -0.1) is 0 Å². The van der Waals surface area contributed by atoms with Crippen molar-refractivity contribution in [2.45, 2.75) is 37.2 Å². The molecular weight excluding hydrogens is 298 g/mol. The molecule has 0 spiro atoms. The summed E-state index contributed by atoms with van der Waals surface area (Å²) in [4.78, 5) is 5.71. The minimum atomic E-state index is -1.30. The van der Waals surface area contributed by atoms with Crippen LogP contribution in [0.15, 0.2) is 35.3 Å². The van der Waals surface area contributed by atoms with Crippen LogP contribution in [-0.4, -0.2) is 75.3 Å². The van der Waals surface area contributed by atoms with Crippen molar-refractivity contribution in [1.29, 1.82) is 0 Å². The molecule has 1 aromatic carbocycles. The lowest BCUT2D eigenvalue weighted by molar-refractivity contribution is -0.128. The van der Waals surface area contributed by atoms with Crippen molar-refractivity contribution in [1.82, 2.24) is 4.90 Å². The molecule has 1 aliphatic heterocycles. The Morgan fingerprint density at radius 1 is 1.17 bits per heavy atom.